The summed E-state index contributed by atoms with van der Waals surface area (Å²) in [7, 11) is 1.72. The molecule has 0 bridgehead atoms. The van der Waals surface area contributed by atoms with Gasteiger partial charge in [-0.05, 0) is 18.3 Å². The lowest BCUT2D eigenvalue weighted by molar-refractivity contribution is -0.137. The molecule has 1 rings (SSSR count). The minimum atomic E-state index is -0.803. The lowest BCUT2D eigenvalue weighted by Crippen LogP contribution is -2.53. The number of nitrogens with zero attached hydrogens (tertiary/aromatic N) is 2. The fourth-order valence-electron chi connectivity index (χ4n) is 2.12. The summed E-state index contributed by atoms with van der Waals surface area (Å²) in [5.74, 6) is -0.860. The van der Waals surface area contributed by atoms with Crippen LogP contribution in [0.25, 0.3) is 0 Å². The monoisotopic (exact) mass is 299 g/mol. The molecule has 0 aromatic carbocycles. The number of hydrogen-bond acceptors (Lipinski definition) is 3. The molecule has 1 aliphatic rings. The molecule has 1 saturated heterocycles. The highest BCUT2D eigenvalue weighted by Crippen LogP contribution is 2.26. The zero-order chi connectivity index (χ0) is 16.0. The van der Waals surface area contributed by atoms with Crippen molar-refractivity contribution in [3.8, 4) is 0 Å². The highest BCUT2D eigenvalue weighted by molar-refractivity contribution is 5.85. The molecular weight excluding hydrogens is 274 g/mol. The molecule has 1 fully saturated rings. The minimum absolute atomic E-state index is 0.0572. The van der Waals surface area contributed by atoms with Crippen LogP contribution in [-0.2, 0) is 9.59 Å². The van der Waals surface area contributed by atoms with Crippen molar-refractivity contribution in [1.82, 2.24) is 15.1 Å². The van der Waals surface area contributed by atoms with Crippen LogP contribution in [0.2, 0.25) is 0 Å². The van der Waals surface area contributed by atoms with Gasteiger partial charge in [0.15, 0.2) is 0 Å². The molecule has 0 atom stereocenters. The van der Waals surface area contributed by atoms with Crippen molar-refractivity contribution in [3.05, 3.63) is 0 Å². The number of piperazine rings is 1. The van der Waals surface area contributed by atoms with Gasteiger partial charge in [-0.1, -0.05) is 13.8 Å². The molecule has 120 valence electrons. The van der Waals surface area contributed by atoms with E-state index in [1.807, 2.05) is 13.8 Å². The van der Waals surface area contributed by atoms with Gasteiger partial charge in [0.1, 0.15) is 6.54 Å². The van der Waals surface area contributed by atoms with E-state index in [2.05, 4.69) is 5.32 Å². The molecule has 7 nitrogen and oxygen atoms in total. The summed E-state index contributed by atoms with van der Waals surface area (Å²) in [4.78, 5) is 37.2. The summed E-state index contributed by atoms with van der Waals surface area (Å²) in [6, 6.07) is -0.231. The maximum absolute atomic E-state index is 12.0. The van der Waals surface area contributed by atoms with E-state index in [0.717, 1.165) is 0 Å². The Kier molecular flexibility index (Phi) is 5.99. The van der Waals surface area contributed by atoms with Gasteiger partial charge in [-0.15, -0.1) is 0 Å². The van der Waals surface area contributed by atoms with Gasteiger partial charge in [0.2, 0.25) is 5.91 Å². The molecule has 0 radical (unpaired) electrons. The van der Waals surface area contributed by atoms with Crippen LogP contribution in [0.15, 0.2) is 0 Å². The van der Waals surface area contributed by atoms with Crippen LogP contribution in [0.3, 0.4) is 0 Å². The molecule has 0 spiro atoms. The van der Waals surface area contributed by atoms with E-state index in [9.17, 15) is 14.4 Å². The van der Waals surface area contributed by atoms with Crippen molar-refractivity contribution >= 4 is 17.9 Å². The first kappa shape index (κ1) is 17.3. The van der Waals surface area contributed by atoms with Gasteiger partial charge in [-0.25, -0.2) is 4.79 Å². The second kappa shape index (κ2) is 7.28. The molecule has 2 N–H and O–H groups in total. The summed E-state index contributed by atoms with van der Waals surface area (Å²) in [5, 5.41) is 11.5. The fraction of sp³-hybridized carbons (Fsp3) is 0.786. The van der Waals surface area contributed by atoms with Crippen molar-refractivity contribution in [3.63, 3.8) is 0 Å². The van der Waals surface area contributed by atoms with Gasteiger partial charge in [-0.2, -0.15) is 0 Å². The lowest BCUT2D eigenvalue weighted by atomic mass is 9.84. The maximum Gasteiger partial charge on any atom is 0.317 e. The molecule has 1 aliphatic heterocycles. The maximum atomic E-state index is 12.0. The number of carbonyl (C=O) groups excluding carboxylic acids is 2. The Bertz CT molecular complexity index is 409. The van der Waals surface area contributed by atoms with Gasteiger partial charge < -0.3 is 20.2 Å². The van der Waals surface area contributed by atoms with Crippen molar-refractivity contribution in [2.75, 3.05) is 33.2 Å². The Morgan fingerprint density at radius 3 is 2.52 bits per heavy atom. The second-order valence-electron chi connectivity index (χ2n) is 6.28. The third-order valence-corrected chi connectivity index (χ3v) is 3.84. The predicted molar refractivity (Wildman–Crippen MR) is 77.9 cm³/mol. The first-order valence-corrected chi connectivity index (χ1v) is 7.20. The number of urea groups is 1. The van der Waals surface area contributed by atoms with Crippen molar-refractivity contribution in [1.29, 1.82) is 0 Å². The summed E-state index contributed by atoms with van der Waals surface area (Å²) in [6.07, 6.45) is 1.41. The number of likely N-dealkylation sites (N-methyl/N-ethyl adjacent to an activating group) is 1. The fourth-order valence-corrected chi connectivity index (χ4v) is 2.12. The van der Waals surface area contributed by atoms with Crippen LogP contribution >= 0.6 is 0 Å². The van der Waals surface area contributed by atoms with Crippen molar-refractivity contribution < 1.29 is 19.5 Å². The molecule has 3 amide bonds. The van der Waals surface area contributed by atoms with E-state index in [1.165, 1.54) is 4.90 Å². The van der Waals surface area contributed by atoms with Crippen molar-refractivity contribution in [2.45, 2.75) is 33.1 Å². The van der Waals surface area contributed by atoms with E-state index >= 15 is 0 Å². The predicted octanol–water partition coefficient (Wildman–Crippen LogP) is 0.751. The quantitative estimate of drug-likeness (QED) is 0.757. The van der Waals surface area contributed by atoms with Gasteiger partial charge in [0.05, 0.1) is 0 Å². The topological polar surface area (TPSA) is 89.9 Å². The van der Waals surface area contributed by atoms with E-state index in [-0.39, 0.29) is 30.3 Å². The number of carboxylic acid groups (broad SMARTS) is 1. The molecular formula is C14H25N3O4. The minimum Gasteiger partial charge on any atom is -0.481 e. The van der Waals surface area contributed by atoms with Gasteiger partial charge in [0, 0.05) is 33.1 Å². The van der Waals surface area contributed by atoms with E-state index in [1.54, 1.807) is 11.9 Å². The largest absolute Gasteiger partial charge is 0.481 e. The third kappa shape index (κ3) is 6.01. The van der Waals surface area contributed by atoms with Crippen molar-refractivity contribution in [2.24, 2.45) is 5.41 Å². The number of nitrogens with one attached hydrogen (secondary N) is 1. The molecule has 1 heterocycles. The van der Waals surface area contributed by atoms with Crippen LogP contribution in [-0.4, -0.2) is 66.0 Å². The van der Waals surface area contributed by atoms with Crippen LogP contribution < -0.4 is 5.32 Å². The summed E-state index contributed by atoms with van der Waals surface area (Å²) in [6.45, 7) is 5.66. The van der Waals surface area contributed by atoms with E-state index in [4.69, 9.17) is 5.11 Å². The Labute approximate surface area is 125 Å². The van der Waals surface area contributed by atoms with E-state index in [0.29, 0.717) is 32.5 Å². The number of carbonyl (C=O) groups is 3. The summed E-state index contributed by atoms with van der Waals surface area (Å²) < 4.78 is 0. The molecule has 0 saturated carbocycles. The second-order valence-corrected chi connectivity index (χ2v) is 6.28. The number of carboxylic acids is 1. The van der Waals surface area contributed by atoms with Gasteiger partial charge in [0.25, 0.3) is 0 Å². The molecule has 7 heteroatoms. The van der Waals surface area contributed by atoms with Crippen LogP contribution in [0, 0.1) is 5.41 Å². The SMILES string of the molecule is CN1CCN(C(=O)NCCC(C)(C)CCC(=O)O)CC1=O. The Balaban J connectivity index is 2.30. The first-order chi connectivity index (χ1) is 9.71. The number of rotatable bonds is 6. The average molecular weight is 299 g/mol. The Morgan fingerprint density at radius 2 is 1.95 bits per heavy atom. The standard InChI is InChI=1S/C14H25N3O4/c1-14(2,5-4-12(19)20)6-7-15-13(21)17-9-8-16(3)11(18)10-17/h4-10H2,1-3H3,(H,15,21)(H,19,20). The molecule has 0 aliphatic carbocycles. The Hall–Kier alpha value is -1.79. The Morgan fingerprint density at radius 1 is 1.29 bits per heavy atom. The number of amides is 3. The highest BCUT2D eigenvalue weighted by atomic mass is 16.4. The smallest absolute Gasteiger partial charge is 0.317 e. The number of hydrogen-bond donors (Lipinski definition) is 2. The van der Waals surface area contributed by atoms with Crippen LogP contribution in [0.5, 0.6) is 0 Å². The highest BCUT2D eigenvalue weighted by Gasteiger charge is 2.25. The normalized spacial score (nSPS) is 16.0. The first-order valence-electron chi connectivity index (χ1n) is 7.20. The van der Waals surface area contributed by atoms with Gasteiger partial charge >= 0.3 is 12.0 Å². The summed E-state index contributed by atoms with van der Waals surface area (Å²) in [5.41, 5.74) is -0.135. The number of aliphatic carboxylic acids is 1. The summed E-state index contributed by atoms with van der Waals surface area (Å²) >= 11 is 0. The third-order valence-electron chi connectivity index (χ3n) is 3.84. The van der Waals surface area contributed by atoms with Crippen LogP contribution in [0.4, 0.5) is 4.79 Å². The van der Waals surface area contributed by atoms with E-state index < -0.39 is 5.97 Å². The van der Waals surface area contributed by atoms with Crippen LogP contribution in [0.1, 0.15) is 33.1 Å². The molecule has 0 aromatic heterocycles. The molecule has 0 aromatic rings. The molecule has 21 heavy (non-hydrogen) atoms. The zero-order valence-corrected chi connectivity index (χ0v) is 13.0. The lowest BCUT2D eigenvalue weighted by Gasteiger charge is -2.32. The zero-order valence-electron chi connectivity index (χ0n) is 13.0. The van der Waals surface area contributed by atoms with Gasteiger partial charge in [-0.3, -0.25) is 9.59 Å². The average Bonchev–Trinajstić information content (AvgIpc) is 2.39. The molecule has 0 unspecified atom stereocenters.